The first-order valence-corrected chi connectivity index (χ1v) is 9.70. The molecule has 6 nitrogen and oxygen atoms in total. The maximum absolute atomic E-state index is 13.1. The molecule has 7 heteroatoms. The number of nitrogens with zero attached hydrogens (tertiary/aromatic N) is 3. The predicted octanol–water partition coefficient (Wildman–Crippen LogP) is 3.46. The number of rotatable bonds is 3. The number of carbonyl (C=O) groups is 1. The topological polar surface area (TPSA) is 61.6 Å². The van der Waals surface area contributed by atoms with Crippen molar-refractivity contribution in [2.75, 3.05) is 33.2 Å². The van der Waals surface area contributed by atoms with Gasteiger partial charge in [-0.3, -0.25) is 10.2 Å². The summed E-state index contributed by atoms with van der Waals surface area (Å²) in [6, 6.07) is 11.3. The zero-order chi connectivity index (χ0) is 19.0. The number of aryl methyl sites for hydroxylation is 1. The Balaban J connectivity index is 1.72. The molecule has 0 atom stereocenters. The van der Waals surface area contributed by atoms with Crippen molar-refractivity contribution in [3.8, 4) is 11.5 Å². The van der Waals surface area contributed by atoms with Gasteiger partial charge in [0.15, 0.2) is 5.76 Å². The summed E-state index contributed by atoms with van der Waals surface area (Å²) in [7, 11) is 2.09. The normalized spacial score (nSPS) is 16.0. The Morgan fingerprint density at radius 2 is 1.93 bits per heavy atom. The van der Waals surface area contributed by atoms with Gasteiger partial charge in [0.2, 0.25) is 0 Å². The number of carbonyl (C=O) groups excluding carboxylic acids is 1. The van der Waals surface area contributed by atoms with Crippen molar-refractivity contribution in [2.24, 2.45) is 0 Å². The van der Waals surface area contributed by atoms with Crippen LogP contribution in [0.1, 0.15) is 16.1 Å². The number of aromatic nitrogens is 1. The number of amides is 1. The number of nitrogens with one attached hydrogen (secondary N) is 1. The number of hydrogen-bond acceptors (Lipinski definition) is 5. The van der Waals surface area contributed by atoms with Crippen LogP contribution in [0.15, 0.2) is 45.3 Å². The SMILES string of the molecule is Cc1ccc(-c2cc(C(=O)NN3CCN(C)CC3)c3cc(Br)ccc3n2)o1. The van der Waals surface area contributed by atoms with E-state index in [-0.39, 0.29) is 5.91 Å². The van der Waals surface area contributed by atoms with Crippen LogP contribution in [-0.2, 0) is 0 Å². The number of hydrogen-bond donors (Lipinski definition) is 1. The molecule has 27 heavy (non-hydrogen) atoms. The summed E-state index contributed by atoms with van der Waals surface area (Å²) in [6.45, 7) is 5.36. The van der Waals surface area contributed by atoms with E-state index < -0.39 is 0 Å². The quantitative estimate of drug-likeness (QED) is 0.691. The summed E-state index contributed by atoms with van der Waals surface area (Å²) in [5, 5.41) is 2.78. The highest BCUT2D eigenvalue weighted by molar-refractivity contribution is 9.10. The molecular formula is C20H21BrN4O2. The number of piperazine rings is 1. The van der Waals surface area contributed by atoms with Crippen LogP contribution in [0.25, 0.3) is 22.4 Å². The lowest BCUT2D eigenvalue weighted by Crippen LogP contribution is -2.52. The standard InChI is InChI=1S/C20H21BrN4O2/c1-13-3-6-19(27-13)18-12-16(15-11-14(21)4-5-17(15)22-18)20(26)23-25-9-7-24(2)8-10-25/h3-6,11-12H,7-10H2,1-2H3,(H,23,26). The van der Waals surface area contributed by atoms with E-state index in [0.717, 1.165) is 47.3 Å². The van der Waals surface area contributed by atoms with Crippen LogP contribution in [0.2, 0.25) is 0 Å². The van der Waals surface area contributed by atoms with Crippen molar-refractivity contribution in [1.29, 1.82) is 0 Å². The molecule has 1 saturated heterocycles. The molecule has 0 saturated carbocycles. The summed E-state index contributed by atoms with van der Waals surface area (Å²) >= 11 is 3.49. The van der Waals surface area contributed by atoms with E-state index >= 15 is 0 Å². The van der Waals surface area contributed by atoms with Gasteiger partial charge in [0.25, 0.3) is 5.91 Å². The Morgan fingerprint density at radius 3 is 2.63 bits per heavy atom. The van der Waals surface area contributed by atoms with Gasteiger partial charge >= 0.3 is 0 Å². The van der Waals surface area contributed by atoms with Crippen LogP contribution in [0.3, 0.4) is 0 Å². The highest BCUT2D eigenvalue weighted by atomic mass is 79.9. The minimum Gasteiger partial charge on any atom is -0.460 e. The van der Waals surface area contributed by atoms with Gasteiger partial charge in [0, 0.05) is 36.0 Å². The van der Waals surface area contributed by atoms with E-state index in [4.69, 9.17) is 4.42 Å². The zero-order valence-electron chi connectivity index (χ0n) is 15.3. The third kappa shape index (κ3) is 3.90. The lowest BCUT2D eigenvalue weighted by molar-refractivity contribution is 0.0664. The predicted molar refractivity (Wildman–Crippen MR) is 108 cm³/mol. The highest BCUT2D eigenvalue weighted by Gasteiger charge is 2.20. The van der Waals surface area contributed by atoms with E-state index in [1.54, 1.807) is 6.07 Å². The lowest BCUT2D eigenvalue weighted by atomic mass is 10.1. The molecule has 1 aliphatic heterocycles. The second-order valence-corrected chi connectivity index (χ2v) is 7.77. The molecule has 140 valence electrons. The van der Waals surface area contributed by atoms with E-state index in [9.17, 15) is 4.79 Å². The van der Waals surface area contributed by atoms with Crippen molar-refractivity contribution in [3.05, 3.63) is 52.2 Å². The number of fused-ring (bicyclic) bond motifs is 1. The third-order valence-electron chi connectivity index (χ3n) is 4.77. The molecule has 1 aromatic carbocycles. The van der Waals surface area contributed by atoms with Crippen molar-refractivity contribution in [3.63, 3.8) is 0 Å². The van der Waals surface area contributed by atoms with Gasteiger partial charge < -0.3 is 9.32 Å². The van der Waals surface area contributed by atoms with Gasteiger partial charge in [0.1, 0.15) is 11.5 Å². The number of likely N-dealkylation sites (N-methyl/N-ethyl adjacent to an activating group) is 1. The van der Waals surface area contributed by atoms with Crippen molar-refractivity contribution in [1.82, 2.24) is 20.3 Å². The summed E-state index contributed by atoms with van der Waals surface area (Å²) < 4.78 is 6.63. The molecule has 4 rings (SSSR count). The lowest BCUT2D eigenvalue weighted by Gasteiger charge is -2.32. The number of benzene rings is 1. The van der Waals surface area contributed by atoms with E-state index in [1.807, 2.05) is 42.3 Å². The highest BCUT2D eigenvalue weighted by Crippen LogP contribution is 2.28. The Hall–Kier alpha value is -2.22. The fraction of sp³-hybridized carbons (Fsp3) is 0.300. The molecule has 0 aliphatic carbocycles. The van der Waals surface area contributed by atoms with Crippen LogP contribution in [0, 0.1) is 6.92 Å². The van der Waals surface area contributed by atoms with Gasteiger partial charge in [-0.2, -0.15) is 0 Å². The molecule has 1 fully saturated rings. The minimum absolute atomic E-state index is 0.130. The largest absolute Gasteiger partial charge is 0.460 e. The zero-order valence-corrected chi connectivity index (χ0v) is 16.9. The first kappa shape index (κ1) is 18.2. The van der Waals surface area contributed by atoms with Crippen LogP contribution in [0.4, 0.5) is 0 Å². The number of furan rings is 1. The molecule has 1 aliphatic rings. The Kier molecular flexibility index (Phi) is 4.99. The Labute approximate surface area is 166 Å². The third-order valence-corrected chi connectivity index (χ3v) is 5.26. The van der Waals surface area contributed by atoms with Gasteiger partial charge in [-0.25, -0.2) is 9.99 Å². The van der Waals surface area contributed by atoms with E-state index in [1.165, 1.54) is 0 Å². The van der Waals surface area contributed by atoms with Gasteiger partial charge in [-0.15, -0.1) is 0 Å². The van der Waals surface area contributed by atoms with Crippen LogP contribution < -0.4 is 5.43 Å². The first-order valence-electron chi connectivity index (χ1n) is 8.91. The molecule has 0 bridgehead atoms. The molecule has 0 unspecified atom stereocenters. The van der Waals surface area contributed by atoms with E-state index in [0.29, 0.717) is 17.0 Å². The fourth-order valence-corrected chi connectivity index (χ4v) is 3.57. The van der Waals surface area contributed by atoms with Crippen molar-refractivity contribution >= 4 is 32.7 Å². The average Bonchev–Trinajstić information content (AvgIpc) is 3.09. The van der Waals surface area contributed by atoms with Gasteiger partial charge in [-0.1, -0.05) is 15.9 Å². The molecular weight excluding hydrogens is 408 g/mol. The monoisotopic (exact) mass is 428 g/mol. The van der Waals surface area contributed by atoms with Gasteiger partial charge in [-0.05, 0) is 50.4 Å². The van der Waals surface area contributed by atoms with Crippen LogP contribution >= 0.6 is 15.9 Å². The summed E-state index contributed by atoms with van der Waals surface area (Å²) in [5.41, 5.74) is 5.04. The molecule has 3 aromatic rings. The maximum Gasteiger partial charge on any atom is 0.266 e. The molecule has 2 aromatic heterocycles. The Morgan fingerprint density at radius 1 is 1.15 bits per heavy atom. The van der Waals surface area contributed by atoms with Crippen LogP contribution in [-0.4, -0.2) is 54.0 Å². The molecule has 0 radical (unpaired) electrons. The smallest absolute Gasteiger partial charge is 0.266 e. The second kappa shape index (κ2) is 7.42. The first-order chi connectivity index (χ1) is 13.0. The summed E-state index contributed by atoms with van der Waals surface area (Å²) in [6.07, 6.45) is 0. The molecule has 3 heterocycles. The number of hydrazine groups is 1. The van der Waals surface area contributed by atoms with Gasteiger partial charge in [0.05, 0.1) is 11.1 Å². The number of pyridine rings is 1. The second-order valence-electron chi connectivity index (χ2n) is 6.86. The average molecular weight is 429 g/mol. The molecule has 1 N–H and O–H groups in total. The molecule has 1 amide bonds. The van der Waals surface area contributed by atoms with Crippen molar-refractivity contribution in [2.45, 2.75) is 6.92 Å². The minimum atomic E-state index is -0.130. The fourth-order valence-electron chi connectivity index (χ4n) is 3.21. The summed E-state index contributed by atoms with van der Waals surface area (Å²) in [4.78, 5) is 20.0. The van der Waals surface area contributed by atoms with Crippen molar-refractivity contribution < 1.29 is 9.21 Å². The molecule has 0 spiro atoms. The maximum atomic E-state index is 13.1. The number of halogens is 1. The van der Waals surface area contributed by atoms with Crippen LogP contribution in [0.5, 0.6) is 0 Å². The van der Waals surface area contributed by atoms with E-state index in [2.05, 4.69) is 38.3 Å². The Bertz CT molecular complexity index is 993. The summed E-state index contributed by atoms with van der Waals surface area (Å²) in [5.74, 6) is 1.34.